The fraction of sp³-hybridized carbons (Fsp3) is 0.857. The minimum absolute atomic E-state index is 0.272. The molecule has 2 N–H and O–H groups in total. The van der Waals surface area contributed by atoms with Gasteiger partial charge in [-0.3, -0.25) is 0 Å². The van der Waals surface area contributed by atoms with Gasteiger partial charge in [-0.25, -0.2) is 0 Å². The van der Waals surface area contributed by atoms with Crippen LogP contribution >= 0.6 is 0 Å². The number of hydrogen-bond donors (Lipinski definition) is 2. The predicted molar refractivity (Wildman–Crippen MR) is 78.0 cm³/mol. The molecule has 1 aromatic heterocycles. The Labute approximate surface area is 116 Å². The highest BCUT2D eigenvalue weighted by molar-refractivity contribution is 5.17. The summed E-state index contributed by atoms with van der Waals surface area (Å²) in [6.45, 7) is 15.7. The summed E-state index contributed by atoms with van der Waals surface area (Å²) in [7, 11) is 0. The van der Waals surface area contributed by atoms with Crippen LogP contribution in [0.1, 0.15) is 47.4 Å². The first-order valence-corrected chi connectivity index (χ1v) is 7.06. The SMILES string of the molecule is CC(C)CNCc1nnc(NCC(C)C(C)(C)C)o1. The van der Waals surface area contributed by atoms with Crippen LogP contribution in [-0.4, -0.2) is 23.3 Å². The van der Waals surface area contributed by atoms with Crippen molar-refractivity contribution in [3.63, 3.8) is 0 Å². The van der Waals surface area contributed by atoms with E-state index in [1.54, 1.807) is 0 Å². The van der Waals surface area contributed by atoms with Gasteiger partial charge >= 0.3 is 6.01 Å². The minimum Gasteiger partial charge on any atom is -0.407 e. The second kappa shape index (κ2) is 6.89. The molecule has 0 aliphatic heterocycles. The van der Waals surface area contributed by atoms with E-state index in [1.807, 2.05) is 0 Å². The maximum atomic E-state index is 5.53. The molecular formula is C14H28N4O. The van der Waals surface area contributed by atoms with E-state index in [4.69, 9.17) is 4.42 Å². The molecule has 0 aliphatic rings. The Kier molecular flexibility index (Phi) is 5.79. The molecule has 0 amide bonds. The normalized spacial score (nSPS) is 13.8. The monoisotopic (exact) mass is 268 g/mol. The van der Waals surface area contributed by atoms with E-state index in [1.165, 1.54) is 0 Å². The van der Waals surface area contributed by atoms with Crippen molar-refractivity contribution in [3.05, 3.63) is 5.89 Å². The average molecular weight is 268 g/mol. The van der Waals surface area contributed by atoms with Gasteiger partial charge in [-0.05, 0) is 23.8 Å². The number of aromatic nitrogens is 2. The topological polar surface area (TPSA) is 63.0 Å². The predicted octanol–water partition coefficient (Wildman–Crippen LogP) is 2.91. The van der Waals surface area contributed by atoms with Gasteiger partial charge < -0.3 is 15.1 Å². The van der Waals surface area contributed by atoms with Crippen LogP contribution in [0.25, 0.3) is 0 Å². The van der Waals surface area contributed by atoms with Gasteiger partial charge in [0.2, 0.25) is 5.89 Å². The first-order chi connectivity index (χ1) is 8.79. The van der Waals surface area contributed by atoms with Crippen LogP contribution in [0.15, 0.2) is 4.42 Å². The third kappa shape index (κ3) is 6.05. The van der Waals surface area contributed by atoms with Crippen LogP contribution in [0.4, 0.5) is 6.01 Å². The third-order valence-corrected chi connectivity index (χ3v) is 3.33. The van der Waals surface area contributed by atoms with E-state index in [9.17, 15) is 0 Å². The molecular weight excluding hydrogens is 240 g/mol. The van der Waals surface area contributed by atoms with Crippen molar-refractivity contribution in [2.45, 2.75) is 48.1 Å². The number of nitrogens with one attached hydrogen (secondary N) is 2. The van der Waals surface area contributed by atoms with Gasteiger partial charge in [0.05, 0.1) is 6.54 Å². The van der Waals surface area contributed by atoms with Crippen molar-refractivity contribution in [3.8, 4) is 0 Å². The molecule has 0 saturated heterocycles. The molecule has 1 atom stereocenters. The summed E-state index contributed by atoms with van der Waals surface area (Å²) >= 11 is 0. The lowest BCUT2D eigenvalue weighted by Crippen LogP contribution is -2.24. The lowest BCUT2D eigenvalue weighted by atomic mass is 9.82. The molecule has 0 spiro atoms. The Balaban J connectivity index is 2.34. The molecule has 5 heteroatoms. The van der Waals surface area contributed by atoms with Crippen molar-refractivity contribution in [1.82, 2.24) is 15.5 Å². The summed E-state index contributed by atoms with van der Waals surface area (Å²) in [6.07, 6.45) is 0. The molecule has 1 aromatic rings. The van der Waals surface area contributed by atoms with E-state index < -0.39 is 0 Å². The van der Waals surface area contributed by atoms with Crippen LogP contribution in [0.3, 0.4) is 0 Å². The largest absolute Gasteiger partial charge is 0.407 e. The molecule has 5 nitrogen and oxygen atoms in total. The lowest BCUT2D eigenvalue weighted by molar-refractivity contribution is 0.273. The second-order valence-electron chi connectivity index (χ2n) is 6.67. The number of nitrogens with zero attached hydrogens (tertiary/aromatic N) is 2. The van der Waals surface area contributed by atoms with E-state index in [2.05, 4.69) is 62.4 Å². The second-order valence-corrected chi connectivity index (χ2v) is 6.67. The zero-order valence-electron chi connectivity index (χ0n) is 13.1. The molecule has 0 aromatic carbocycles. The van der Waals surface area contributed by atoms with Crippen molar-refractivity contribution < 1.29 is 4.42 Å². The Hall–Kier alpha value is -1.10. The Morgan fingerprint density at radius 3 is 2.37 bits per heavy atom. The number of anilines is 1. The van der Waals surface area contributed by atoms with Crippen LogP contribution in [0, 0.1) is 17.3 Å². The third-order valence-electron chi connectivity index (χ3n) is 3.33. The quantitative estimate of drug-likeness (QED) is 0.796. The summed E-state index contributed by atoms with van der Waals surface area (Å²) < 4.78 is 5.53. The molecule has 1 unspecified atom stereocenters. The first-order valence-electron chi connectivity index (χ1n) is 7.06. The zero-order valence-corrected chi connectivity index (χ0v) is 13.1. The van der Waals surface area contributed by atoms with Crippen LogP contribution in [-0.2, 0) is 6.54 Å². The molecule has 1 heterocycles. The summed E-state index contributed by atoms with van der Waals surface area (Å²) in [4.78, 5) is 0. The summed E-state index contributed by atoms with van der Waals surface area (Å²) in [6, 6.07) is 0.512. The van der Waals surface area contributed by atoms with Gasteiger partial charge in [0.15, 0.2) is 0 Å². The van der Waals surface area contributed by atoms with Crippen LogP contribution in [0.2, 0.25) is 0 Å². The smallest absolute Gasteiger partial charge is 0.315 e. The number of rotatable bonds is 7. The fourth-order valence-corrected chi connectivity index (χ4v) is 1.41. The van der Waals surface area contributed by atoms with Gasteiger partial charge in [0.25, 0.3) is 0 Å². The van der Waals surface area contributed by atoms with E-state index in [-0.39, 0.29) is 5.41 Å². The highest BCUT2D eigenvalue weighted by Crippen LogP contribution is 2.25. The van der Waals surface area contributed by atoms with E-state index >= 15 is 0 Å². The molecule has 19 heavy (non-hydrogen) atoms. The lowest BCUT2D eigenvalue weighted by Gasteiger charge is -2.26. The van der Waals surface area contributed by atoms with E-state index in [0.29, 0.717) is 30.3 Å². The van der Waals surface area contributed by atoms with E-state index in [0.717, 1.165) is 13.1 Å². The average Bonchev–Trinajstić information content (AvgIpc) is 2.72. The summed E-state index contributed by atoms with van der Waals surface area (Å²) in [5.74, 6) is 1.78. The minimum atomic E-state index is 0.272. The maximum absolute atomic E-state index is 5.53. The van der Waals surface area contributed by atoms with Gasteiger partial charge in [-0.15, -0.1) is 5.10 Å². The van der Waals surface area contributed by atoms with Crippen molar-refractivity contribution >= 4 is 6.01 Å². The van der Waals surface area contributed by atoms with Gasteiger partial charge in [-0.2, -0.15) is 0 Å². The Morgan fingerprint density at radius 1 is 1.11 bits per heavy atom. The molecule has 0 radical (unpaired) electrons. The van der Waals surface area contributed by atoms with Crippen LogP contribution < -0.4 is 10.6 Å². The first kappa shape index (κ1) is 16.0. The van der Waals surface area contributed by atoms with Crippen LogP contribution in [0.5, 0.6) is 0 Å². The number of hydrogen-bond acceptors (Lipinski definition) is 5. The molecule has 1 rings (SSSR count). The zero-order chi connectivity index (χ0) is 14.5. The Morgan fingerprint density at radius 2 is 1.79 bits per heavy atom. The highest BCUT2D eigenvalue weighted by Gasteiger charge is 2.20. The molecule has 0 saturated carbocycles. The fourth-order valence-electron chi connectivity index (χ4n) is 1.41. The van der Waals surface area contributed by atoms with Gasteiger partial charge in [0, 0.05) is 6.54 Å². The van der Waals surface area contributed by atoms with Gasteiger partial charge in [0.1, 0.15) is 0 Å². The Bertz CT molecular complexity index is 368. The van der Waals surface area contributed by atoms with Crippen molar-refractivity contribution in [1.29, 1.82) is 0 Å². The standard InChI is InChI=1S/C14H28N4O/c1-10(2)7-15-9-12-17-18-13(19-12)16-8-11(3)14(4,5)6/h10-11,15H,7-9H2,1-6H3,(H,16,18). The molecule has 110 valence electrons. The van der Waals surface area contributed by atoms with Crippen molar-refractivity contribution in [2.75, 3.05) is 18.4 Å². The highest BCUT2D eigenvalue weighted by atomic mass is 16.4. The molecule has 0 bridgehead atoms. The summed E-state index contributed by atoms with van der Waals surface area (Å²) in [5.41, 5.74) is 0.272. The molecule has 0 fully saturated rings. The van der Waals surface area contributed by atoms with Crippen molar-refractivity contribution in [2.24, 2.45) is 17.3 Å². The molecule has 0 aliphatic carbocycles. The maximum Gasteiger partial charge on any atom is 0.315 e. The van der Waals surface area contributed by atoms with Gasteiger partial charge in [-0.1, -0.05) is 46.6 Å². The summed E-state index contributed by atoms with van der Waals surface area (Å²) in [5, 5.41) is 14.5.